The first-order valence-corrected chi connectivity index (χ1v) is 7.71. The van der Waals surface area contributed by atoms with E-state index in [0.717, 1.165) is 11.1 Å². The van der Waals surface area contributed by atoms with Crippen molar-refractivity contribution in [1.29, 1.82) is 0 Å². The number of aryl methyl sites for hydroxylation is 1. The molecule has 0 aliphatic carbocycles. The van der Waals surface area contributed by atoms with Gasteiger partial charge in [0.2, 0.25) is 5.91 Å². The Bertz CT molecular complexity index is 768. The van der Waals surface area contributed by atoms with Crippen LogP contribution in [0.25, 0.3) is 0 Å². The van der Waals surface area contributed by atoms with Gasteiger partial charge in [0, 0.05) is 12.6 Å². The van der Waals surface area contributed by atoms with E-state index in [1.807, 2.05) is 13.0 Å². The smallest absolute Gasteiger partial charge is 0.338 e. The van der Waals surface area contributed by atoms with E-state index in [0.29, 0.717) is 22.7 Å². The van der Waals surface area contributed by atoms with Crippen molar-refractivity contribution in [2.75, 3.05) is 19.5 Å². The highest BCUT2D eigenvalue weighted by Crippen LogP contribution is 2.30. The molecule has 0 radical (unpaired) electrons. The largest absolute Gasteiger partial charge is 0.493 e. The molecule has 132 valence electrons. The molecule has 0 bridgehead atoms. The van der Waals surface area contributed by atoms with Gasteiger partial charge >= 0.3 is 5.97 Å². The van der Waals surface area contributed by atoms with Gasteiger partial charge in [-0.1, -0.05) is 0 Å². The Hall–Kier alpha value is -3.02. The molecule has 0 unspecified atom stereocenters. The van der Waals surface area contributed by atoms with Crippen molar-refractivity contribution in [2.45, 2.75) is 20.5 Å². The molecular weight excluding hydrogens is 322 g/mol. The van der Waals surface area contributed by atoms with E-state index >= 15 is 0 Å². The Kier molecular flexibility index (Phi) is 6.00. The number of nitrogens with one attached hydrogen (secondary N) is 1. The Morgan fingerprint density at radius 2 is 1.60 bits per heavy atom. The van der Waals surface area contributed by atoms with Crippen molar-refractivity contribution < 1.29 is 23.8 Å². The van der Waals surface area contributed by atoms with Crippen LogP contribution >= 0.6 is 0 Å². The molecule has 1 N–H and O–H groups in total. The van der Waals surface area contributed by atoms with Gasteiger partial charge in [-0.3, -0.25) is 4.79 Å². The van der Waals surface area contributed by atoms with Gasteiger partial charge in [0.15, 0.2) is 11.5 Å². The fourth-order valence-electron chi connectivity index (χ4n) is 2.30. The summed E-state index contributed by atoms with van der Waals surface area (Å²) in [5.74, 6) is 0.602. The number of esters is 1. The third kappa shape index (κ3) is 4.73. The maximum absolute atomic E-state index is 12.2. The lowest BCUT2D eigenvalue weighted by molar-refractivity contribution is -0.114. The predicted molar refractivity (Wildman–Crippen MR) is 94.1 cm³/mol. The number of benzene rings is 2. The minimum absolute atomic E-state index is 0.123. The summed E-state index contributed by atoms with van der Waals surface area (Å²) in [6, 6.07) is 10.1. The van der Waals surface area contributed by atoms with Crippen LogP contribution in [0.2, 0.25) is 0 Å². The SMILES string of the molecule is COc1cc(C)c(COC(=O)c2ccc(NC(C)=O)cc2)cc1OC. The molecule has 0 aromatic heterocycles. The van der Waals surface area contributed by atoms with Crippen LogP contribution in [0.1, 0.15) is 28.4 Å². The Morgan fingerprint density at radius 3 is 2.16 bits per heavy atom. The maximum atomic E-state index is 12.2. The molecule has 2 aromatic carbocycles. The second kappa shape index (κ2) is 8.19. The molecule has 6 nitrogen and oxygen atoms in total. The van der Waals surface area contributed by atoms with Crippen LogP contribution in [0.4, 0.5) is 5.69 Å². The zero-order valence-corrected chi connectivity index (χ0v) is 14.7. The van der Waals surface area contributed by atoms with Gasteiger partial charge in [-0.2, -0.15) is 0 Å². The standard InChI is InChI=1S/C19H21NO5/c1-12-9-17(23-3)18(24-4)10-15(12)11-25-19(22)14-5-7-16(8-6-14)20-13(2)21/h5-10H,11H2,1-4H3,(H,20,21). The summed E-state index contributed by atoms with van der Waals surface area (Å²) in [5, 5.41) is 2.64. The second-order valence-corrected chi connectivity index (χ2v) is 5.47. The maximum Gasteiger partial charge on any atom is 0.338 e. The first kappa shape index (κ1) is 18.3. The molecule has 25 heavy (non-hydrogen) atoms. The molecule has 0 spiro atoms. The number of rotatable bonds is 6. The number of ether oxygens (including phenoxy) is 3. The third-order valence-electron chi connectivity index (χ3n) is 3.64. The molecule has 0 heterocycles. The number of hydrogen-bond acceptors (Lipinski definition) is 5. The molecule has 0 aliphatic heterocycles. The zero-order chi connectivity index (χ0) is 18.4. The van der Waals surface area contributed by atoms with Gasteiger partial charge in [0.05, 0.1) is 19.8 Å². The van der Waals surface area contributed by atoms with Crippen molar-refractivity contribution >= 4 is 17.6 Å². The van der Waals surface area contributed by atoms with E-state index in [2.05, 4.69) is 5.32 Å². The second-order valence-electron chi connectivity index (χ2n) is 5.47. The lowest BCUT2D eigenvalue weighted by atomic mass is 10.1. The summed E-state index contributed by atoms with van der Waals surface area (Å²) in [4.78, 5) is 23.2. The molecule has 0 saturated heterocycles. The summed E-state index contributed by atoms with van der Waals surface area (Å²) < 4.78 is 15.9. The minimum atomic E-state index is -0.441. The number of methoxy groups -OCH3 is 2. The number of carbonyl (C=O) groups is 2. The number of anilines is 1. The molecule has 2 aromatic rings. The Balaban J connectivity index is 2.05. The highest BCUT2D eigenvalue weighted by molar-refractivity contribution is 5.92. The summed E-state index contributed by atoms with van der Waals surface area (Å²) in [6.07, 6.45) is 0. The molecule has 2 rings (SSSR count). The molecule has 0 saturated carbocycles. The van der Waals surface area contributed by atoms with Gasteiger partial charge in [0.1, 0.15) is 6.61 Å². The van der Waals surface area contributed by atoms with Crippen molar-refractivity contribution in [3.05, 3.63) is 53.1 Å². The predicted octanol–water partition coefficient (Wildman–Crippen LogP) is 3.33. The third-order valence-corrected chi connectivity index (χ3v) is 3.64. The Morgan fingerprint density at radius 1 is 1.00 bits per heavy atom. The van der Waals surface area contributed by atoms with Crippen LogP contribution in [0.15, 0.2) is 36.4 Å². The highest BCUT2D eigenvalue weighted by Gasteiger charge is 2.12. The van der Waals surface area contributed by atoms with Gasteiger partial charge in [-0.05, 0) is 54.4 Å². The molecular formula is C19H21NO5. The first-order valence-electron chi connectivity index (χ1n) is 7.71. The van der Waals surface area contributed by atoms with E-state index in [4.69, 9.17) is 14.2 Å². The number of amides is 1. The summed E-state index contributed by atoms with van der Waals surface area (Å²) in [5.41, 5.74) is 2.80. The zero-order valence-electron chi connectivity index (χ0n) is 14.7. The normalized spacial score (nSPS) is 10.1. The van der Waals surface area contributed by atoms with Gasteiger partial charge in [0.25, 0.3) is 0 Å². The highest BCUT2D eigenvalue weighted by atomic mass is 16.5. The molecule has 0 fully saturated rings. The van der Waals surface area contributed by atoms with Crippen LogP contribution in [0.3, 0.4) is 0 Å². The number of hydrogen-bond donors (Lipinski definition) is 1. The topological polar surface area (TPSA) is 73.9 Å². The average Bonchev–Trinajstić information content (AvgIpc) is 2.60. The molecule has 0 aliphatic rings. The lowest BCUT2D eigenvalue weighted by Crippen LogP contribution is -2.08. The van der Waals surface area contributed by atoms with Crippen LogP contribution < -0.4 is 14.8 Å². The van der Waals surface area contributed by atoms with Crippen molar-refractivity contribution in [3.8, 4) is 11.5 Å². The van der Waals surface area contributed by atoms with Crippen molar-refractivity contribution in [3.63, 3.8) is 0 Å². The monoisotopic (exact) mass is 343 g/mol. The van der Waals surface area contributed by atoms with Crippen molar-refractivity contribution in [1.82, 2.24) is 0 Å². The van der Waals surface area contributed by atoms with Crippen LogP contribution in [0.5, 0.6) is 11.5 Å². The van der Waals surface area contributed by atoms with Crippen LogP contribution in [0, 0.1) is 6.92 Å². The van der Waals surface area contributed by atoms with Crippen LogP contribution in [-0.4, -0.2) is 26.1 Å². The molecule has 6 heteroatoms. The lowest BCUT2D eigenvalue weighted by Gasteiger charge is -2.13. The Labute approximate surface area is 146 Å². The fourth-order valence-corrected chi connectivity index (χ4v) is 2.30. The van der Waals surface area contributed by atoms with E-state index < -0.39 is 5.97 Å². The average molecular weight is 343 g/mol. The van der Waals surface area contributed by atoms with Gasteiger partial charge in [-0.15, -0.1) is 0 Å². The van der Waals surface area contributed by atoms with Crippen molar-refractivity contribution in [2.24, 2.45) is 0 Å². The van der Waals surface area contributed by atoms with E-state index in [9.17, 15) is 9.59 Å². The van der Waals surface area contributed by atoms with E-state index in [-0.39, 0.29) is 12.5 Å². The van der Waals surface area contributed by atoms with E-state index in [1.54, 1.807) is 44.6 Å². The van der Waals surface area contributed by atoms with Crippen LogP contribution in [-0.2, 0) is 16.1 Å². The van der Waals surface area contributed by atoms with Gasteiger partial charge < -0.3 is 19.5 Å². The summed E-state index contributed by atoms with van der Waals surface area (Å²) in [7, 11) is 3.13. The van der Waals surface area contributed by atoms with Gasteiger partial charge in [-0.25, -0.2) is 4.79 Å². The fraction of sp³-hybridized carbons (Fsp3) is 0.263. The minimum Gasteiger partial charge on any atom is -0.493 e. The quantitative estimate of drug-likeness (QED) is 0.815. The summed E-state index contributed by atoms with van der Waals surface area (Å²) >= 11 is 0. The summed E-state index contributed by atoms with van der Waals surface area (Å²) in [6.45, 7) is 3.46. The molecule has 1 amide bonds. The first-order chi connectivity index (χ1) is 11.9. The number of carbonyl (C=O) groups excluding carboxylic acids is 2. The molecule has 0 atom stereocenters. The van der Waals surface area contributed by atoms with E-state index in [1.165, 1.54) is 6.92 Å².